The molecule has 8 nitrogen and oxygen atoms in total. The number of halogens is 5. The molecule has 0 radical (unpaired) electrons. The van der Waals surface area contributed by atoms with Crippen molar-refractivity contribution >= 4 is 22.2 Å². The Kier molecular flexibility index (Phi) is 6.00. The van der Waals surface area contributed by atoms with E-state index in [1.165, 1.54) is 24.2 Å². The summed E-state index contributed by atoms with van der Waals surface area (Å²) in [4.78, 5) is 17.0. The minimum Gasteiger partial charge on any atom is -0.479 e. The maximum atomic E-state index is 13.8. The largest absolute Gasteiger partial charge is 0.479 e. The van der Waals surface area contributed by atoms with Crippen molar-refractivity contribution in [1.82, 2.24) is 29.1 Å². The molecule has 4 heterocycles. The van der Waals surface area contributed by atoms with E-state index >= 15 is 0 Å². The Bertz CT molecular complexity index is 1540. The third-order valence-corrected chi connectivity index (χ3v) is 5.34. The number of nitrogens with zero attached hydrogens (tertiary/aromatic N) is 6. The number of rotatable bonds is 7. The molecule has 0 saturated heterocycles. The molecule has 0 fully saturated rings. The summed E-state index contributed by atoms with van der Waals surface area (Å²) >= 11 is 0. The molecule has 186 valence electrons. The molecule has 1 aromatic carbocycles. The maximum absolute atomic E-state index is 13.8. The van der Waals surface area contributed by atoms with Crippen molar-refractivity contribution < 1.29 is 31.4 Å². The summed E-state index contributed by atoms with van der Waals surface area (Å²) in [6.07, 6.45) is 0.104. The lowest BCUT2D eigenvalue weighted by molar-refractivity contribution is -0.177. The van der Waals surface area contributed by atoms with Crippen molar-refractivity contribution in [1.29, 1.82) is 0 Å². The first-order valence-corrected chi connectivity index (χ1v) is 10.5. The predicted octanol–water partition coefficient (Wildman–Crippen LogP) is 4.58. The standard InChI is InChI=1S/C23H17F5N6O2/c1-35-22-20-17(30-12-31-22)2-3-33(20)16-7-18-21(29-8-16)32-19(10-36-11-23(26,27)28)34(18)9-13-4-14(24)6-15(25)5-13/h2-8,12H,9-11H2,1H3. The number of fused-ring (bicyclic) bond motifs is 2. The molecule has 0 amide bonds. The van der Waals surface area contributed by atoms with E-state index in [-0.39, 0.29) is 23.6 Å². The fraction of sp³-hybridized carbons (Fsp3) is 0.217. The lowest BCUT2D eigenvalue weighted by Crippen LogP contribution is -2.18. The van der Waals surface area contributed by atoms with Crippen LogP contribution in [0.25, 0.3) is 27.9 Å². The van der Waals surface area contributed by atoms with Crippen molar-refractivity contribution in [3.63, 3.8) is 0 Å². The number of pyridine rings is 1. The number of methoxy groups -OCH3 is 1. The van der Waals surface area contributed by atoms with Crippen LogP contribution in [-0.4, -0.2) is 49.0 Å². The van der Waals surface area contributed by atoms with Gasteiger partial charge in [-0.3, -0.25) is 0 Å². The third kappa shape index (κ3) is 4.69. The normalized spacial score (nSPS) is 12.1. The predicted molar refractivity (Wildman–Crippen MR) is 118 cm³/mol. The van der Waals surface area contributed by atoms with Crippen LogP contribution < -0.4 is 4.74 Å². The van der Waals surface area contributed by atoms with Gasteiger partial charge in [0.2, 0.25) is 5.88 Å². The van der Waals surface area contributed by atoms with Gasteiger partial charge in [0.15, 0.2) is 5.65 Å². The van der Waals surface area contributed by atoms with Gasteiger partial charge < -0.3 is 18.6 Å². The van der Waals surface area contributed by atoms with Crippen LogP contribution in [0.2, 0.25) is 0 Å². The lowest BCUT2D eigenvalue weighted by atomic mass is 10.2. The second-order valence-corrected chi connectivity index (χ2v) is 7.84. The van der Waals surface area contributed by atoms with Crippen LogP contribution in [0.5, 0.6) is 5.88 Å². The quantitative estimate of drug-likeness (QED) is 0.302. The first-order chi connectivity index (χ1) is 17.2. The number of hydrogen-bond acceptors (Lipinski definition) is 6. The molecule has 0 aliphatic rings. The van der Waals surface area contributed by atoms with Gasteiger partial charge in [-0.15, -0.1) is 0 Å². The van der Waals surface area contributed by atoms with Gasteiger partial charge in [0.1, 0.15) is 42.5 Å². The Hall–Kier alpha value is -4.13. The second kappa shape index (κ2) is 9.15. The summed E-state index contributed by atoms with van der Waals surface area (Å²) in [5, 5.41) is 0. The summed E-state index contributed by atoms with van der Waals surface area (Å²) in [5.41, 5.74) is 2.64. The van der Waals surface area contributed by atoms with E-state index in [4.69, 9.17) is 9.47 Å². The molecule has 5 rings (SSSR count). The Morgan fingerprint density at radius 3 is 2.50 bits per heavy atom. The minimum absolute atomic E-state index is 0.0834. The van der Waals surface area contributed by atoms with Crippen molar-refractivity contribution in [2.24, 2.45) is 0 Å². The van der Waals surface area contributed by atoms with Crippen LogP contribution in [0, 0.1) is 11.6 Å². The van der Waals surface area contributed by atoms with Crippen LogP contribution >= 0.6 is 0 Å². The molecule has 0 bridgehead atoms. The second-order valence-electron chi connectivity index (χ2n) is 7.84. The zero-order valence-electron chi connectivity index (χ0n) is 18.6. The Labute approximate surface area is 200 Å². The summed E-state index contributed by atoms with van der Waals surface area (Å²) in [5.74, 6) is -1.13. The van der Waals surface area contributed by atoms with Gasteiger partial charge in [0.25, 0.3) is 0 Å². The van der Waals surface area contributed by atoms with Crippen LogP contribution in [-0.2, 0) is 17.9 Å². The molecule has 0 spiro atoms. The smallest absolute Gasteiger partial charge is 0.411 e. The van der Waals surface area contributed by atoms with E-state index in [1.54, 1.807) is 22.9 Å². The van der Waals surface area contributed by atoms with E-state index in [0.717, 1.165) is 18.2 Å². The van der Waals surface area contributed by atoms with Crippen LogP contribution in [0.15, 0.2) is 49.1 Å². The molecule has 5 aromatic rings. The highest BCUT2D eigenvalue weighted by atomic mass is 19.4. The molecule has 4 aromatic heterocycles. The van der Waals surface area contributed by atoms with Crippen molar-refractivity contribution in [2.75, 3.05) is 13.7 Å². The molecule has 36 heavy (non-hydrogen) atoms. The zero-order valence-corrected chi connectivity index (χ0v) is 18.6. The number of hydrogen-bond donors (Lipinski definition) is 0. The maximum Gasteiger partial charge on any atom is 0.411 e. The molecule has 0 saturated carbocycles. The third-order valence-electron chi connectivity index (χ3n) is 5.34. The number of alkyl halides is 3. The lowest BCUT2D eigenvalue weighted by Gasteiger charge is -2.12. The van der Waals surface area contributed by atoms with Gasteiger partial charge in [-0.2, -0.15) is 18.2 Å². The number of ether oxygens (including phenoxy) is 2. The highest BCUT2D eigenvalue weighted by Crippen LogP contribution is 2.28. The molecular formula is C23H17F5N6O2. The molecule has 13 heteroatoms. The van der Waals surface area contributed by atoms with Crippen molar-refractivity contribution in [3.05, 3.63) is 72.1 Å². The first kappa shape index (κ1) is 23.6. The SMILES string of the molecule is COc1ncnc2ccn(-c3cnc4nc(COCC(F)(F)F)n(Cc5cc(F)cc(F)c5)c4c3)c12. The first-order valence-electron chi connectivity index (χ1n) is 10.5. The van der Waals surface area contributed by atoms with Crippen LogP contribution in [0.4, 0.5) is 22.0 Å². The number of benzene rings is 1. The van der Waals surface area contributed by atoms with E-state index in [9.17, 15) is 22.0 Å². The van der Waals surface area contributed by atoms with E-state index < -0.39 is 31.0 Å². The fourth-order valence-electron chi connectivity index (χ4n) is 3.91. The average molecular weight is 504 g/mol. The highest BCUT2D eigenvalue weighted by molar-refractivity contribution is 5.83. The van der Waals surface area contributed by atoms with Gasteiger partial charge in [0.05, 0.1) is 30.0 Å². The average Bonchev–Trinajstić information content (AvgIpc) is 3.39. The Balaban J connectivity index is 1.62. The van der Waals surface area contributed by atoms with E-state index in [1.807, 2.05) is 0 Å². The summed E-state index contributed by atoms with van der Waals surface area (Å²) in [7, 11) is 1.47. The Morgan fingerprint density at radius 1 is 1.00 bits per heavy atom. The molecule has 0 atom stereocenters. The fourth-order valence-corrected chi connectivity index (χ4v) is 3.91. The van der Waals surface area contributed by atoms with E-state index in [0.29, 0.717) is 28.1 Å². The molecule has 0 aliphatic heterocycles. The van der Waals surface area contributed by atoms with Crippen LogP contribution in [0.3, 0.4) is 0 Å². The monoisotopic (exact) mass is 504 g/mol. The molecular weight excluding hydrogens is 487 g/mol. The highest BCUT2D eigenvalue weighted by Gasteiger charge is 2.28. The van der Waals surface area contributed by atoms with Gasteiger partial charge in [0, 0.05) is 18.8 Å². The zero-order chi connectivity index (χ0) is 25.4. The number of imidazole rings is 1. The minimum atomic E-state index is -4.52. The molecule has 0 N–H and O–H groups in total. The van der Waals surface area contributed by atoms with Gasteiger partial charge in [-0.1, -0.05) is 0 Å². The topological polar surface area (TPSA) is 79.9 Å². The summed E-state index contributed by atoms with van der Waals surface area (Å²) in [6.45, 7) is -2.05. The molecule has 0 aliphatic carbocycles. The van der Waals surface area contributed by atoms with Gasteiger partial charge >= 0.3 is 6.18 Å². The van der Waals surface area contributed by atoms with E-state index in [2.05, 4.69) is 19.9 Å². The van der Waals surface area contributed by atoms with Crippen molar-refractivity contribution in [3.8, 4) is 11.6 Å². The van der Waals surface area contributed by atoms with Gasteiger partial charge in [-0.05, 0) is 29.8 Å². The van der Waals surface area contributed by atoms with Crippen molar-refractivity contribution in [2.45, 2.75) is 19.3 Å². The Morgan fingerprint density at radius 2 is 1.78 bits per heavy atom. The summed E-state index contributed by atoms with van der Waals surface area (Å²) in [6, 6.07) is 6.45. The number of aromatic nitrogens is 6. The summed E-state index contributed by atoms with van der Waals surface area (Å²) < 4.78 is 78.9. The van der Waals surface area contributed by atoms with Gasteiger partial charge in [-0.25, -0.2) is 23.7 Å². The molecule has 0 unspecified atom stereocenters. The van der Waals surface area contributed by atoms with Crippen LogP contribution in [0.1, 0.15) is 11.4 Å².